The standard InChI is InChI=1S/C16H10F3NO/c17-12-7-11(16(19)13(18)8-12)4-3-10-6-14-15(21)2-1-5-20(14)9-10/h6-9H,1-2,5H2. The maximum Gasteiger partial charge on any atom is 0.179 e. The summed E-state index contributed by atoms with van der Waals surface area (Å²) in [6.07, 6.45) is 2.96. The van der Waals surface area contributed by atoms with Crippen LogP contribution in [0, 0.1) is 29.3 Å². The molecule has 1 aromatic heterocycles. The quantitative estimate of drug-likeness (QED) is 0.539. The van der Waals surface area contributed by atoms with Crippen LogP contribution in [0.3, 0.4) is 0 Å². The van der Waals surface area contributed by atoms with E-state index in [1.807, 2.05) is 0 Å². The topological polar surface area (TPSA) is 22.0 Å². The molecule has 21 heavy (non-hydrogen) atoms. The molecule has 2 aromatic rings. The van der Waals surface area contributed by atoms with Gasteiger partial charge in [0.15, 0.2) is 17.4 Å². The zero-order valence-corrected chi connectivity index (χ0v) is 10.9. The zero-order valence-electron chi connectivity index (χ0n) is 10.9. The number of ketones is 1. The van der Waals surface area contributed by atoms with Crippen LogP contribution < -0.4 is 0 Å². The van der Waals surface area contributed by atoms with E-state index in [4.69, 9.17) is 0 Å². The Hall–Kier alpha value is -2.48. The van der Waals surface area contributed by atoms with Gasteiger partial charge in [0.25, 0.3) is 0 Å². The third-order valence-electron chi connectivity index (χ3n) is 3.32. The Balaban J connectivity index is 1.97. The second-order valence-electron chi connectivity index (χ2n) is 4.83. The van der Waals surface area contributed by atoms with Gasteiger partial charge in [0.05, 0.1) is 11.3 Å². The minimum atomic E-state index is -1.27. The SMILES string of the molecule is O=C1CCCn2cc(C#Cc3cc(F)cc(F)c3F)cc21. The molecule has 1 aromatic carbocycles. The first kappa shape index (κ1) is 13.5. The molecule has 0 radical (unpaired) electrons. The van der Waals surface area contributed by atoms with Crippen molar-refractivity contribution >= 4 is 5.78 Å². The first-order valence-electron chi connectivity index (χ1n) is 6.44. The van der Waals surface area contributed by atoms with Crippen molar-refractivity contribution in [2.24, 2.45) is 0 Å². The summed E-state index contributed by atoms with van der Waals surface area (Å²) < 4.78 is 41.4. The Morgan fingerprint density at radius 1 is 1.10 bits per heavy atom. The second-order valence-corrected chi connectivity index (χ2v) is 4.83. The zero-order chi connectivity index (χ0) is 15.0. The molecule has 0 unspecified atom stereocenters. The fraction of sp³-hybridized carbons (Fsp3) is 0.188. The molecule has 0 N–H and O–H groups in total. The van der Waals surface area contributed by atoms with Gasteiger partial charge >= 0.3 is 0 Å². The van der Waals surface area contributed by atoms with Crippen LogP contribution in [-0.2, 0) is 6.54 Å². The van der Waals surface area contributed by atoms with Crippen LogP contribution >= 0.6 is 0 Å². The first-order chi connectivity index (χ1) is 10.0. The van der Waals surface area contributed by atoms with E-state index < -0.39 is 17.5 Å². The molecule has 0 saturated carbocycles. The van der Waals surface area contributed by atoms with Gasteiger partial charge in [-0.05, 0) is 18.6 Å². The summed E-state index contributed by atoms with van der Waals surface area (Å²) in [5, 5.41) is 0. The van der Waals surface area contributed by atoms with Crippen LogP contribution in [0.2, 0.25) is 0 Å². The third kappa shape index (κ3) is 2.57. The van der Waals surface area contributed by atoms with Gasteiger partial charge in [-0.15, -0.1) is 0 Å². The van der Waals surface area contributed by atoms with Crippen molar-refractivity contribution in [1.29, 1.82) is 0 Å². The predicted molar refractivity (Wildman–Crippen MR) is 70.3 cm³/mol. The summed E-state index contributed by atoms with van der Waals surface area (Å²) in [4.78, 5) is 11.7. The third-order valence-corrected chi connectivity index (χ3v) is 3.32. The van der Waals surface area contributed by atoms with Crippen molar-refractivity contribution in [3.8, 4) is 11.8 Å². The highest BCUT2D eigenvalue weighted by molar-refractivity contribution is 5.95. The number of aryl methyl sites for hydroxylation is 1. The van der Waals surface area contributed by atoms with E-state index in [-0.39, 0.29) is 11.3 Å². The number of nitrogens with zero attached hydrogens (tertiary/aromatic N) is 1. The number of halogens is 3. The molecule has 0 bridgehead atoms. The minimum absolute atomic E-state index is 0.0391. The summed E-state index contributed by atoms with van der Waals surface area (Å²) in [6, 6.07) is 2.92. The van der Waals surface area contributed by atoms with Gasteiger partial charge in [-0.2, -0.15) is 0 Å². The summed E-state index contributed by atoms with van der Waals surface area (Å²) in [6.45, 7) is 0.728. The molecule has 2 nitrogen and oxygen atoms in total. The van der Waals surface area contributed by atoms with E-state index in [1.165, 1.54) is 0 Å². The number of carbonyl (C=O) groups excluding carboxylic acids is 1. The number of carbonyl (C=O) groups is 1. The van der Waals surface area contributed by atoms with E-state index >= 15 is 0 Å². The minimum Gasteiger partial charge on any atom is -0.344 e. The molecule has 0 saturated heterocycles. The van der Waals surface area contributed by atoms with Gasteiger partial charge in [0.2, 0.25) is 0 Å². The van der Waals surface area contributed by atoms with E-state index in [9.17, 15) is 18.0 Å². The molecule has 5 heteroatoms. The van der Waals surface area contributed by atoms with Crippen molar-refractivity contribution in [1.82, 2.24) is 4.57 Å². The number of hydrogen-bond acceptors (Lipinski definition) is 1. The lowest BCUT2D eigenvalue weighted by molar-refractivity contribution is 0.0955. The molecule has 0 spiro atoms. The molecule has 3 rings (SSSR count). The van der Waals surface area contributed by atoms with Crippen molar-refractivity contribution in [3.63, 3.8) is 0 Å². The van der Waals surface area contributed by atoms with Crippen LogP contribution in [0.4, 0.5) is 13.2 Å². The second kappa shape index (κ2) is 5.13. The van der Waals surface area contributed by atoms with Gasteiger partial charge in [-0.3, -0.25) is 4.79 Å². The number of fused-ring (bicyclic) bond motifs is 1. The Kier molecular flexibility index (Phi) is 3.30. The highest BCUT2D eigenvalue weighted by atomic mass is 19.2. The summed E-state index contributed by atoms with van der Waals surface area (Å²) in [5.74, 6) is 1.75. The lowest BCUT2D eigenvalue weighted by Gasteiger charge is -2.12. The van der Waals surface area contributed by atoms with Crippen LogP contribution in [0.25, 0.3) is 0 Å². The van der Waals surface area contributed by atoms with E-state index in [2.05, 4.69) is 11.8 Å². The molecule has 0 aliphatic carbocycles. The number of aromatic nitrogens is 1. The number of Topliss-reactive ketones (excluding diaryl/α,β-unsaturated/α-hetero) is 1. The number of hydrogen-bond donors (Lipinski definition) is 0. The fourth-order valence-electron chi connectivity index (χ4n) is 2.32. The predicted octanol–water partition coefficient (Wildman–Crippen LogP) is 3.28. The van der Waals surface area contributed by atoms with Crippen LogP contribution in [0.1, 0.15) is 34.5 Å². The van der Waals surface area contributed by atoms with E-state index in [1.54, 1.807) is 16.8 Å². The molecule has 1 aliphatic rings. The monoisotopic (exact) mass is 289 g/mol. The maximum absolute atomic E-state index is 13.5. The van der Waals surface area contributed by atoms with Gasteiger partial charge in [0.1, 0.15) is 5.82 Å². The fourth-order valence-corrected chi connectivity index (χ4v) is 2.32. The van der Waals surface area contributed by atoms with Crippen LogP contribution in [0.15, 0.2) is 24.4 Å². The largest absolute Gasteiger partial charge is 0.344 e. The highest BCUT2D eigenvalue weighted by Gasteiger charge is 2.17. The molecule has 106 valence electrons. The van der Waals surface area contributed by atoms with E-state index in [0.717, 1.165) is 19.0 Å². The van der Waals surface area contributed by atoms with Crippen molar-refractivity contribution in [2.45, 2.75) is 19.4 Å². The summed E-state index contributed by atoms with van der Waals surface area (Å²) in [7, 11) is 0. The average Bonchev–Trinajstić information content (AvgIpc) is 2.86. The van der Waals surface area contributed by atoms with Gasteiger partial charge in [0, 0.05) is 30.8 Å². The Morgan fingerprint density at radius 2 is 1.90 bits per heavy atom. The van der Waals surface area contributed by atoms with Gasteiger partial charge in [-0.1, -0.05) is 11.8 Å². The molecular weight excluding hydrogens is 279 g/mol. The maximum atomic E-state index is 13.5. The van der Waals surface area contributed by atoms with Crippen LogP contribution in [-0.4, -0.2) is 10.4 Å². The normalized spacial score (nSPS) is 13.6. The molecule has 1 aliphatic heterocycles. The van der Waals surface area contributed by atoms with Crippen molar-refractivity contribution in [2.75, 3.05) is 0 Å². The summed E-state index contributed by atoms with van der Waals surface area (Å²) in [5.41, 5.74) is 0.740. The first-order valence-corrected chi connectivity index (χ1v) is 6.44. The van der Waals surface area contributed by atoms with Gasteiger partial charge < -0.3 is 4.57 Å². The average molecular weight is 289 g/mol. The van der Waals surface area contributed by atoms with Crippen LogP contribution in [0.5, 0.6) is 0 Å². The Bertz CT molecular complexity index is 796. The number of benzene rings is 1. The highest BCUT2D eigenvalue weighted by Crippen LogP contribution is 2.18. The molecule has 2 heterocycles. The van der Waals surface area contributed by atoms with Crippen molar-refractivity contribution < 1.29 is 18.0 Å². The number of rotatable bonds is 0. The molecular formula is C16H10F3NO. The molecule has 0 amide bonds. The lowest BCUT2D eigenvalue weighted by Crippen LogP contribution is -2.14. The molecule has 0 fully saturated rings. The lowest BCUT2D eigenvalue weighted by atomic mass is 10.1. The summed E-state index contributed by atoms with van der Waals surface area (Å²) >= 11 is 0. The Labute approximate surface area is 119 Å². The molecule has 0 atom stereocenters. The smallest absolute Gasteiger partial charge is 0.179 e. The van der Waals surface area contributed by atoms with Gasteiger partial charge in [-0.25, -0.2) is 13.2 Å². The van der Waals surface area contributed by atoms with E-state index in [0.29, 0.717) is 23.7 Å². The van der Waals surface area contributed by atoms with Crippen molar-refractivity contribution in [3.05, 3.63) is 58.7 Å². The Morgan fingerprint density at radius 3 is 2.67 bits per heavy atom.